The summed E-state index contributed by atoms with van der Waals surface area (Å²) in [7, 11) is 3.81. The molecule has 0 aromatic carbocycles. The Kier molecular flexibility index (Phi) is 12.0. The number of carbonyl (C=O) groups is 4. The van der Waals surface area contributed by atoms with E-state index in [1.54, 1.807) is 14.7 Å². The molecule has 4 rings (SSSR count). The number of likely N-dealkylation sites (tertiary alicyclic amines) is 4. The molecule has 11 heteroatoms. The highest BCUT2D eigenvalue weighted by atomic mass is 16.3. The summed E-state index contributed by atoms with van der Waals surface area (Å²) in [6.07, 6.45) is 7.66. The lowest BCUT2D eigenvalue weighted by molar-refractivity contribution is -0.147. The number of carbonyl (C=O) groups excluding carboxylic acids is 4. The summed E-state index contributed by atoms with van der Waals surface area (Å²) >= 11 is 0. The van der Waals surface area contributed by atoms with Gasteiger partial charge in [-0.2, -0.15) is 0 Å². The Hall–Kier alpha value is -2.24. The third-order valence-electron chi connectivity index (χ3n) is 10.8. The fourth-order valence-electron chi connectivity index (χ4n) is 7.99. The normalized spacial score (nSPS) is 28.0. The van der Waals surface area contributed by atoms with Crippen LogP contribution in [0.15, 0.2) is 0 Å². The van der Waals surface area contributed by atoms with E-state index in [0.29, 0.717) is 26.1 Å². The molecule has 0 bridgehead atoms. The largest absolute Gasteiger partial charge is 0.394 e. The van der Waals surface area contributed by atoms with Gasteiger partial charge in [-0.1, -0.05) is 41.0 Å². The number of piperidine rings is 1. The van der Waals surface area contributed by atoms with Crippen LogP contribution in [0.3, 0.4) is 0 Å². The first-order chi connectivity index (χ1) is 21.3. The average Bonchev–Trinajstić information content (AvgIpc) is 3.77. The van der Waals surface area contributed by atoms with Gasteiger partial charge < -0.3 is 25.1 Å². The lowest BCUT2D eigenvalue weighted by Crippen LogP contribution is -2.61. The third kappa shape index (κ3) is 8.01. The highest BCUT2D eigenvalue weighted by molar-refractivity contribution is 5.91. The Bertz CT molecular complexity index is 1060. The zero-order chi connectivity index (χ0) is 33.1. The van der Waals surface area contributed by atoms with Gasteiger partial charge in [-0.3, -0.25) is 29.0 Å². The van der Waals surface area contributed by atoms with E-state index in [2.05, 4.69) is 29.0 Å². The van der Waals surface area contributed by atoms with Crippen LogP contribution in [0.25, 0.3) is 0 Å². The van der Waals surface area contributed by atoms with Crippen molar-refractivity contribution in [1.82, 2.24) is 29.8 Å². The maximum Gasteiger partial charge on any atom is 0.245 e. The van der Waals surface area contributed by atoms with E-state index in [0.717, 1.165) is 64.5 Å². The van der Waals surface area contributed by atoms with E-state index in [1.165, 1.54) is 0 Å². The Morgan fingerprint density at radius 2 is 1.42 bits per heavy atom. The van der Waals surface area contributed by atoms with Crippen LogP contribution in [0.5, 0.6) is 0 Å². The molecule has 2 N–H and O–H groups in total. The van der Waals surface area contributed by atoms with Crippen molar-refractivity contribution < 1.29 is 24.3 Å². The van der Waals surface area contributed by atoms with Crippen molar-refractivity contribution in [2.24, 2.45) is 11.3 Å². The molecule has 0 saturated carbocycles. The fraction of sp³-hybridized carbons (Fsp3) is 0.882. The van der Waals surface area contributed by atoms with E-state index in [4.69, 9.17) is 0 Å². The summed E-state index contributed by atoms with van der Waals surface area (Å²) < 4.78 is 0. The van der Waals surface area contributed by atoms with Crippen molar-refractivity contribution in [3.63, 3.8) is 0 Å². The molecule has 11 nitrogen and oxygen atoms in total. The van der Waals surface area contributed by atoms with Gasteiger partial charge in [0.25, 0.3) is 0 Å². The highest BCUT2D eigenvalue weighted by Gasteiger charge is 2.45. The second kappa shape index (κ2) is 15.1. The molecule has 4 fully saturated rings. The van der Waals surface area contributed by atoms with Crippen molar-refractivity contribution in [3.8, 4) is 0 Å². The van der Waals surface area contributed by atoms with Crippen LogP contribution in [0.4, 0.5) is 0 Å². The number of rotatable bonds is 10. The molecule has 0 spiro atoms. The van der Waals surface area contributed by atoms with E-state index < -0.39 is 17.5 Å². The first-order valence-corrected chi connectivity index (χ1v) is 17.5. The van der Waals surface area contributed by atoms with Gasteiger partial charge in [-0.15, -0.1) is 0 Å². The van der Waals surface area contributed by atoms with E-state index in [1.807, 2.05) is 34.9 Å². The van der Waals surface area contributed by atoms with E-state index >= 15 is 0 Å². The molecule has 4 aliphatic heterocycles. The van der Waals surface area contributed by atoms with Crippen LogP contribution in [-0.2, 0) is 19.2 Å². The smallest absolute Gasteiger partial charge is 0.245 e. The molecule has 256 valence electrons. The molecule has 0 aromatic heterocycles. The van der Waals surface area contributed by atoms with Gasteiger partial charge in [0.15, 0.2) is 0 Å². The molecule has 4 aliphatic rings. The van der Waals surface area contributed by atoms with Crippen LogP contribution >= 0.6 is 0 Å². The number of hydrogen-bond acceptors (Lipinski definition) is 7. The van der Waals surface area contributed by atoms with Crippen molar-refractivity contribution in [2.75, 3.05) is 53.4 Å². The quantitative estimate of drug-likeness (QED) is 0.378. The summed E-state index contributed by atoms with van der Waals surface area (Å²) in [4.78, 5) is 64.8. The predicted octanol–water partition coefficient (Wildman–Crippen LogP) is 1.92. The van der Waals surface area contributed by atoms with E-state index in [9.17, 15) is 24.3 Å². The molecular weight excluding hydrogens is 572 g/mol. The van der Waals surface area contributed by atoms with Crippen LogP contribution in [0, 0.1) is 11.3 Å². The number of nitrogens with zero attached hydrogens (tertiary/aromatic N) is 5. The van der Waals surface area contributed by atoms with Crippen LogP contribution in [-0.4, -0.2) is 143 Å². The van der Waals surface area contributed by atoms with Gasteiger partial charge in [0.1, 0.15) is 12.1 Å². The predicted molar refractivity (Wildman–Crippen MR) is 174 cm³/mol. The number of aliphatic hydroxyl groups is 1. The van der Waals surface area contributed by atoms with Gasteiger partial charge in [-0.25, -0.2) is 0 Å². The number of likely N-dealkylation sites (N-methyl/N-ethyl adjacent to an activating group) is 2. The summed E-state index contributed by atoms with van der Waals surface area (Å²) in [5.41, 5.74) is -0.483. The second-order valence-electron chi connectivity index (χ2n) is 15.4. The summed E-state index contributed by atoms with van der Waals surface area (Å²) in [5, 5.41) is 12.9. The number of aliphatic hydroxyl groups excluding tert-OH is 1. The van der Waals surface area contributed by atoms with Gasteiger partial charge >= 0.3 is 0 Å². The lowest BCUT2D eigenvalue weighted by Gasteiger charge is -2.41. The van der Waals surface area contributed by atoms with Gasteiger partial charge in [0.05, 0.1) is 24.7 Å². The Labute approximate surface area is 271 Å². The number of hydrogen-bond donors (Lipinski definition) is 2. The minimum absolute atomic E-state index is 0.0102. The Balaban J connectivity index is 1.45. The maximum atomic E-state index is 14.2. The van der Waals surface area contributed by atoms with Crippen LogP contribution in [0.1, 0.15) is 92.4 Å². The first-order valence-electron chi connectivity index (χ1n) is 17.5. The SMILES string of the molecule is CC(C)[C@@H](CN1CCC[C@H]1C(=O)N1CCC[C@H]1C(=O)N1CCC[C@@H]1CO)N(C)C(=O)[C@@H](NC(=O)[C@H]1CCCCN1C)C(C)(C)C. The number of nitrogens with one attached hydrogen (secondary N) is 1. The highest BCUT2D eigenvalue weighted by Crippen LogP contribution is 2.30. The Morgan fingerprint density at radius 3 is 2.07 bits per heavy atom. The van der Waals surface area contributed by atoms with Crippen molar-refractivity contribution in [3.05, 3.63) is 0 Å². The van der Waals surface area contributed by atoms with Crippen molar-refractivity contribution in [2.45, 2.75) is 129 Å². The topological polar surface area (TPSA) is 117 Å². The molecule has 0 radical (unpaired) electrons. The average molecular weight is 633 g/mol. The number of amides is 4. The molecule has 0 aliphatic carbocycles. The monoisotopic (exact) mass is 632 g/mol. The zero-order valence-electron chi connectivity index (χ0n) is 29.0. The Morgan fingerprint density at radius 1 is 0.822 bits per heavy atom. The van der Waals surface area contributed by atoms with Gasteiger partial charge in [0, 0.05) is 32.7 Å². The van der Waals surface area contributed by atoms with Crippen molar-refractivity contribution in [1.29, 1.82) is 0 Å². The van der Waals surface area contributed by atoms with Crippen LogP contribution in [0.2, 0.25) is 0 Å². The fourth-order valence-corrected chi connectivity index (χ4v) is 7.99. The van der Waals surface area contributed by atoms with Crippen molar-refractivity contribution >= 4 is 23.6 Å². The first kappa shape index (κ1) is 35.6. The minimum atomic E-state index is -0.674. The van der Waals surface area contributed by atoms with Crippen LogP contribution < -0.4 is 5.32 Å². The molecule has 45 heavy (non-hydrogen) atoms. The minimum Gasteiger partial charge on any atom is -0.394 e. The van der Waals surface area contributed by atoms with Gasteiger partial charge in [-0.05, 0) is 82.8 Å². The lowest BCUT2D eigenvalue weighted by atomic mass is 9.84. The molecule has 4 amide bonds. The summed E-state index contributed by atoms with van der Waals surface area (Å²) in [5.74, 6) is -0.0793. The molecule has 4 heterocycles. The molecular formula is C34H60N6O5. The molecule has 6 atom stereocenters. The standard InChI is InChI=1S/C34H60N6O5/c1-23(2)28(37(7)33(45)29(34(3,4)5)35-30(42)25-14-8-9-17-36(25)6)21-38-18-11-15-26(38)31(43)40-20-12-16-27(40)32(44)39-19-10-13-24(39)22-41/h23-29,41H,8-22H2,1-7H3,(H,35,42)/t24-,25-,26+,27+,28-,29-/m1/s1. The second-order valence-corrected chi connectivity index (χ2v) is 15.4. The summed E-state index contributed by atoms with van der Waals surface area (Å²) in [6.45, 7) is 13.6. The maximum absolute atomic E-state index is 14.2. The van der Waals surface area contributed by atoms with E-state index in [-0.39, 0.29) is 60.3 Å². The molecule has 0 unspecified atom stereocenters. The molecule has 0 aromatic rings. The summed E-state index contributed by atoms with van der Waals surface area (Å²) in [6, 6.07) is -1.99. The van der Waals surface area contributed by atoms with Gasteiger partial charge in [0.2, 0.25) is 23.6 Å². The third-order valence-corrected chi connectivity index (χ3v) is 10.8. The molecule has 4 saturated heterocycles. The zero-order valence-corrected chi connectivity index (χ0v) is 29.0.